The first-order valence-corrected chi connectivity index (χ1v) is 7.64. The molecule has 0 bridgehead atoms. The van der Waals surface area contributed by atoms with E-state index in [0.717, 1.165) is 11.1 Å². The van der Waals surface area contributed by atoms with Crippen LogP contribution in [0.2, 0.25) is 0 Å². The Kier molecular flexibility index (Phi) is 4.07. The lowest BCUT2D eigenvalue weighted by molar-refractivity contribution is -0.128. The molecule has 0 aliphatic carbocycles. The summed E-state index contributed by atoms with van der Waals surface area (Å²) in [6.45, 7) is 1.72. The molecule has 2 aromatic carbocycles. The van der Waals surface area contributed by atoms with Crippen LogP contribution in [0.5, 0.6) is 0 Å². The highest BCUT2D eigenvalue weighted by molar-refractivity contribution is 6.07. The molecule has 2 unspecified atom stereocenters. The van der Waals surface area contributed by atoms with Crippen molar-refractivity contribution in [2.24, 2.45) is 0 Å². The minimum Gasteiger partial charge on any atom is -0.385 e. The van der Waals surface area contributed by atoms with Crippen molar-refractivity contribution < 1.29 is 19.1 Å². The van der Waals surface area contributed by atoms with Gasteiger partial charge in [-0.2, -0.15) is 0 Å². The maximum absolute atomic E-state index is 13.0. The van der Waals surface area contributed by atoms with E-state index >= 15 is 0 Å². The lowest BCUT2D eigenvalue weighted by atomic mass is 9.85. The number of hydrogen-bond acceptors (Lipinski definition) is 3. The number of benzene rings is 2. The highest BCUT2D eigenvalue weighted by Gasteiger charge is 2.50. The van der Waals surface area contributed by atoms with Crippen molar-refractivity contribution in [1.29, 1.82) is 0 Å². The number of urea groups is 1. The van der Waals surface area contributed by atoms with Crippen molar-refractivity contribution in [3.63, 3.8) is 0 Å². The number of imide groups is 1. The molecule has 6 heteroatoms. The SMILES string of the molecule is CCC1(C(O)c2ccc(-c3ccc(F)cc3)cc2)NC(=O)NC1=O. The van der Waals surface area contributed by atoms with Crippen LogP contribution in [0, 0.1) is 5.82 Å². The van der Waals surface area contributed by atoms with Gasteiger partial charge in [0, 0.05) is 0 Å². The van der Waals surface area contributed by atoms with Gasteiger partial charge in [0.25, 0.3) is 5.91 Å². The van der Waals surface area contributed by atoms with E-state index in [1.807, 2.05) is 0 Å². The Labute approximate surface area is 138 Å². The maximum Gasteiger partial charge on any atom is 0.322 e. The molecule has 24 heavy (non-hydrogen) atoms. The van der Waals surface area contributed by atoms with E-state index < -0.39 is 23.6 Å². The van der Waals surface area contributed by atoms with Crippen molar-refractivity contribution in [2.75, 3.05) is 0 Å². The van der Waals surface area contributed by atoms with Gasteiger partial charge in [-0.3, -0.25) is 10.1 Å². The second-order valence-electron chi connectivity index (χ2n) is 5.76. The van der Waals surface area contributed by atoms with Crippen molar-refractivity contribution in [3.05, 3.63) is 59.9 Å². The van der Waals surface area contributed by atoms with Gasteiger partial charge in [-0.05, 0) is 35.2 Å². The zero-order valence-corrected chi connectivity index (χ0v) is 13.0. The van der Waals surface area contributed by atoms with Crippen molar-refractivity contribution in [1.82, 2.24) is 10.6 Å². The topological polar surface area (TPSA) is 78.4 Å². The summed E-state index contributed by atoms with van der Waals surface area (Å²) in [6.07, 6.45) is -0.915. The predicted molar refractivity (Wildman–Crippen MR) is 86.5 cm³/mol. The van der Waals surface area contributed by atoms with Crippen LogP contribution < -0.4 is 10.6 Å². The second-order valence-corrected chi connectivity index (χ2v) is 5.76. The zero-order valence-electron chi connectivity index (χ0n) is 13.0. The van der Waals surface area contributed by atoms with Crippen LogP contribution in [0.4, 0.5) is 9.18 Å². The summed E-state index contributed by atoms with van der Waals surface area (Å²) in [5, 5.41) is 15.3. The van der Waals surface area contributed by atoms with E-state index in [0.29, 0.717) is 5.56 Å². The molecule has 2 aromatic rings. The molecule has 124 valence electrons. The third kappa shape index (κ3) is 2.65. The Morgan fingerprint density at radius 1 is 1.04 bits per heavy atom. The Balaban J connectivity index is 1.88. The molecule has 0 saturated carbocycles. The van der Waals surface area contributed by atoms with Crippen LogP contribution in [0.3, 0.4) is 0 Å². The first kappa shape index (κ1) is 16.1. The van der Waals surface area contributed by atoms with Gasteiger partial charge in [0.2, 0.25) is 0 Å². The number of aliphatic hydroxyl groups is 1. The average Bonchev–Trinajstić information content (AvgIpc) is 2.89. The molecule has 0 aromatic heterocycles. The van der Waals surface area contributed by atoms with E-state index in [9.17, 15) is 19.1 Å². The number of nitrogens with one attached hydrogen (secondary N) is 2. The molecule has 3 N–H and O–H groups in total. The van der Waals surface area contributed by atoms with Crippen LogP contribution in [-0.2, 0) is 4.79 Å². The molecule has 1 aliphatic heterocycles. The van der Waals surface area contributed by atoms with Gasteiger partial charge in [-0.1, -0.05) is 43.3 Å². The lowest BCUT2D eigenvalue weighted by Gasteiger charge is -2.30. The fourth-order valence-electron chi connectivity index (χ4n) is 2.92. The Hall–Kier alpha value is -2.73. The molecule has 0 spiro atoms. The Bertz CT molecular complexity index is 774. The average molecular weight is 328 g/mol. The largest absolute Gasteiger partial charge is 0.385 e. The van der Waals surface area contributed by atoms with Gasteiger partial charge in [0.05, 0.1) is 0 Å². The van der Waals surface area contributed by atoms with Crippen LogP contribution in [0.25, 0.3) is 11.1 Å². The summed E-state index contributed by atoms with van der Waals surface area (Å²) >= 11 is 0. The van der Waals surface area contributed by atoms with Crippen molar-refractivity contribution >= 4 is 11.9 Å². The van der Waals surface area contributed by atoms with Crippen LogP contribution in [0.15, 0.2) is 48.5 Å². The standard InChI is InChI=1S/C18H17FN2O3/c1-2-18(16(23)20-17(24)21-18)15(22)13-5-3-11(4-6-13)12-7-9-14(19)10-8-12/h3-10,15,22H,2H2,1H3,(H2,20,21,23,24). The summed E-state index contributed by atoms with van der Waals surface area (Å²) in [6, 6.07) is 12.4. The van der Waals surface area contributed by atoms with Crippen molar-refractivity contribution in [2.45, 2.75) is 25.0 Å². The first-order chi connectivity index (χ1) is 11.5. The van der Waals surface area contributed by atoms with E-state index in [-0.39, 0.29) is 12.2 Å². The first-order valence-electron chi connectivity index (χ1n) is 7.64. The number of aliphatic hydroxyl groups excluding tert-OH is 1. The molecule has 0 radical (unpaired) electrons. The fourth-order valence-corrected chi connectivity index (χ4v) is 2.92. The third-order valence-electron chi connectivity index (χ3n) is 4.40. The molecular weight excluding hydrogens is 311 g/mol. The summed E-state index contributed by atoms with van der Waals surface area (Å²) in [7, 11) is 0. The molecule has 3 amide bonds. The maximum atomic E-state index is 13.0. The van der Waals surface area contributed by atoms with Crippen LogP contribution in [0.1, 0.15) is 25.0 Å². The number of carbonyl (C=O) groups excluding carboxylic acids is 2. The summed E-state index contributed by atoms with van der Waals surface area (Å²) in [4.78, 5) is 23.5. The molecular formula is C18H17FN2O3. The minimum absolute atomic E-state index is 0.255. The highest BCUT2D eigenvalue weighted by Crippen LogP contribution is 2.32. The number of rotatable bonds is 4. The quantitative estimate of drug-likeness (QED) is 0.755. The summed E-state index contributed by atoms with van der Waals surface area (Å²) in [5.74, 6) is -0.844. The molecule has 1 fully saturated rings. The van der Waals surface area contributed by atoms with E-state index in [4.69, 9.17) is 0 Å². The fraction of sp³-hybridized carbons (Fsp3) is 0.222. The van der Waals surface area contributed by atoms with E-state index in [2.05, 4.69) is 10.6 Å². The molecule has 1 aliphatic rings. The van der Waals surface area contributed by atoms with Crippen molar-refractivity contribution in [3.8, 4) is 11.1 Å². The van der Waals surface area contributed by atoms with E-state index in [1.165, 1.54) is 12.1 Å². The summed E-state index contributed by atoms with van der Waals surface area (Å²) in [5.41, 5.74) is 0.847. The molecule has 2 atom stereocenters. The number of halogens is 1. The molecule has 1 heterocycles. The minimum atomic E-state index is -1.37. The normalized spacial score (nSPS) is 21.3. The highest BCUT2D eigenvalue weighted by atomic mass is 19.1. The van der Waals surface area contributed by atoms with Gasteiger partial charge in [-0.15, -0.1) is 0 Å². The van der Waals surface area contributed by atoms with Gasteiger partial charge in [0.1, 0.15) is 11.9 Å². The lowest BCUT2D eigenvalue weighted by Crippen LogP contribution is -2.51. The third-order valence-corrected chi connectivity index (χ3v) is 4.40. The van der Waals surface area contributed by atoms with Crippen LogP contribution >= 0.6 is 0 Å². The van der Waals surface area contributed by atoms with Gasteiger partial charge in [-0.25, -0.2) is 9.18 Å². The number of hydrogen-bond donors (Lipinski definition) is 3. The Morgan fingerprint density at radius 3 is 2.04 bits per heavy atom. The smallest absolute Gasteiger partial charge is 0.322 e. The summed E-state index contributed by atoms with van der Waals surface area (Å²) < 4.78 is 13.0. The predicted octanol–water partition coefficient (Wildman–Crippen LogP) is 2.51. The second kappa shape index (κ2) is 6.05. The molecule has 5 nitrogen and oxygen atoms in total. The molecule has 3 rings (SSSR count). The zero-order chi connectivity index (χ0) is 17.3. The van der Waals surface area contributed by atoms with Crippen LogP contribution in [-0.4, -0.2) is 22.6 Å². The van der Waals surface area contributed by atoms with Gasteiger partial charge >= 0.3 is 6.03 Å². The van der Waals surface area contributed by atoms with Gasteiger partial charge < -0.3 is 10.4 Å². The number of carbonyl (C=O) groups is 2. The monoisotopic (exact) mass is 328 g/mol. The Morgan fingerprint density at radius 2 is 1.58 bits per heavy atom. The number of amides is 3. The van der Waals surface area contributed by atoms with Gasteiger partial charge in [0.15, 0.2) is 5.54 Å². The molecule has 1 saturated heterocycles. The van der Waals surface area contributed by atoms with E-state index in [1.54, 1.807) is 43.3 Å².